The van der Waals surface area contributed by atoms with Crippen LogP contribution >= 0.6 is 0 Å². The molecule has 0 saturated heterocycles. The average molecular weight is 430 g/mol. The molecule has 0 saturated carbocycles. The molecule has 2 aromatic carbocycles. The van der Waals surface area contributed by atoms with E-state index in [4.69, 9.17) is 5.73 Å². The fourth-order valence-electron chi connectivity index (χ4n) is 2.95. The summed E-state index contributed by atoms with van der Waals surface area (Å²) in [7, 11) is -3.75. The summed E-state index contributed by atoms with van der Waals surface area (Å²) in [6.45, 7) is 4.72. The number of hydrogen-bond donors (Lipinski definition) is 3. The fraction of sp³-hybridized carbons (Fsp3) is 0.238. The molecular weight excluding hydrogens is 405 g/mol. The van der Waals surface area contributed by atoms with Gasteiger partial charge in [-0.05, 0) is 49.6 Å². The molecule has 1 aromatic heterocycles. The van der Waals surface area contributed by atoms with Crippen molar-refractivity contribution in [2.45, 2.75) is 25.2 Å². The normalized spacial score (nSPS) is 11.4. The number of nitrogens with zero attached hydrogens (tertiary/aromatic N) is 2. The second-order valence-corrected chi connectivity index (χ2v) is 8.65. The minimum absolute atomic E-state index is 0.0998. The van der Waals surface area contributed by atoms with Gasteiger partial charge in [0, 0.05) is 24.7 Å². The number of nitrogens with one attached hydrogen (secondary N) is 2. The van der Waals surface area contributed by atoms with Gasteiger partial charge in [-0.2, -0.15) is 4.98 Å². The maximum Gasteiger partial charge on any atom is 0.240 e. The van der Waals surface area contributed by atoms with Crippen molar-refractivity contribution in [3.05, 3.63) is 65.5 Å². The van der Waals surface area contributed by atoms with E-state index in [0.717, 1.165) is 28.5 Å². The van der Waals surface area contributed by atoms with Crippen LogP contribution in [0.2, 0.25) is 0 Å². The lowest BCUT2D eigenvalue weighted by Gasteiger charge is -2.11. The zero-order chi connectivity index (χ0) is 21.7. The van der Waals surface area contributed by atoms with E-state index in [2.05, 4.69) is 20.0 Å². The van der Waals surface area contributed by atoms with E-state index in [1.54, 1.807) is 0 Å². The molecule has 0 unspecified atom stereocenters. The van der Waals surface area contributed by atoms with Crippen LogP contribution < -0.4 is 15.8 Å². The molecule has 30 heavy (non-hydrogen) atoms. The van der Waals surface area contributed by atoms with Crippen LogP contribution in [0.4, 0.5) is 16.2 Å². The smallest absolute Gasteiger partial charge is 0.240 e. The average Bonchev–Trinajstić information content (AvgIpc) is 2.69. The third kappa shape index (κ3) is 5.31. The van der Waals surface area contributed by atoms with Crippen LogP contribution in [0.5, 0.6) is 0 Å². The first-order chi connectivity index (χ1) is 14.3. The van der Waals surface area contributed by atoms with E-state index in [9.17, 15) is 12.8 Å². The summed E-state index contributed by atoms with van der Waals surface area (Å²) >= 11 is 0. The van der Waals surface area contributed by atoms with Crippen molar-refractivity contribution in [3.8, 4) is 11.3 Å². The first-order valence-electron chi connectivity index (χ1n) is 9.46. The summed E-state index contributed by atoms with van der Waals surface area (Å²) in [6, 6.07) is 12.7. The molecule has 3 aromatic rings. The zero-order valence-electron chi connectivity index (χ0n) is 16.8. The van der Waals surface area contributed by atoms with Gasteiger partial charge in [-0.1, -0.05) is 24.3 Å². The maximum absolute atomic E-state index is 13.2. The second kappa shape index (κ2) is 9.19. The number of rotatable bonds is 8. The molecule has 0 radical (unpaired) electrons. The van der Waals surface area contributed by atoms with Crippen molar-refractivity contribution in [3.63, 3.8) is 0 Å². The van der Waals surface area contributed by atoms with Gasteiger partial charge in [0.15, 0.2) is 0 Å². The standard InChI is InChI=1S/C21H24FN5O2S/c1-14-6-3-9-18(15(14)2)19-13-20(27-21(23)26-19)24-10-5-11-25-30(28,29)17-8-4-7-16(22)12-17/h3-4,6-9,12-13,25H,5,10-11H2,1-2H3,(H3,23,24,26,27). The highest BCUT2D eigenvalue weighted by atomic mass is 32.2. The molecule has 9 heteroatoms. The predicted octanol–water partition coefficient (Wildman–Crippen LogP) is 3.26. The number of nitrogen functional groups attached to an aromatic ring is 1. The van der Waals surface area contributed by atoms with Crippen LogP contribution in [-0.4, -0.2) is 31.5 Å². The number of halogens is 1. The van der Waals surface area contributed by atoms with E-state index in [1.807, 2.05) is 38.1 Å². The number of aryl methyl sites for hydroxylation is 1. The number of nitrogens with two attached hydrogens (primary N) is 1. The topological polar surface area (TPSA) is 110 Å². The Hall–Kier alpha value is -3.04. The van der Waals surface area contributed by atoms with E-state index >= 15 is 0 Å². The number of aromatic nitrogens is 2. The summed E-state index contributed by atoms with van der Waals surface area (Å²) in [5.41, 5.74) is 9.84. The van der Waals surface area contributed by atoms with E-state index < -0.39 is 15.8 Å². The number of sulfonamides is 1. The van der Waals surface area contributed by atoms with Gasteiger partial charge in [0.2, 0.25) is 16.0 Å². The Kier molecular flexibility index (Phi) is 6.63. The molecular formula is C21H24FN5O2S. The Bertz CT molecular complexity index is 1150. The van der Waals surface area contributed by atoms with Gasteiger partial charge in [0.05, 0.1) is 10.6 Å². The highest BCUT2D eigenvalue weighted by molar-refractivity contribution is 7.89. The minimum atomic E-state index is -3.75. The molecule has 1 heterocycles. The molecule has 0 aliphatic heterocycles. The summed E-state index contributed by atoms with van der Waals surface area (Å²) < 4.78 is 40.1. The van der Waals surface area contributed by atoms with Gasteiger partial charge in [0.25, 0.3) is 0 Å². The summed E-state index contributed by atoms with van der Waals surface area (Å²) in [5.74, 6) is 0.120. The number of hydrogen-bond acceptors (Lipinski definition) is 6. The molecule has 4 N–H and O–H groups in total. The van der Waals surface area contributed by atoms with Crippen molar-refractivity contribution in [1.29, 1.82) is 0 Å². The third-order valence-electron chi connectivity index (χ3n) is 4.68. The Balaban J connectivity index is 1.59. The minimum Gasteiger partial charge on any atom is -0.370 e. The van der Waals surface area contributed by atoms with Crippen LogP contribution in [-0.2, 0) is 10.0 Å². The predicted molar refractivity (Wildman–Crippen MR) is 116 cm³/mol. The highest BCUT2D eigenvalue weighted by Gasteiger charge is 2.14. The Morgan fingerprint density at radius 1 is 1.03 bits per heavy atom. The third-order valence-corrected chi connectivity index (χ3v) is 6.14. The molecule has 158 valence electrons. The van der Waals surface area contributed by atoms with Crippen LogP contribution in [0.15, 0.2) is 53.4 Å². The van der Waals surface area contributed by atoms with Crippen LogP contribution in [0.25, 0.3) is 11.3 Å². The number of benzene rings is 2. The Morgan fingerprint density at radius 2 is 1.80 bits per heavy atom. The molecule has 0 aliphatic rings. The second-order valence-electron chi connectivity index (χ2n) is 6.88. The van der Waals surface area contributed by atoms with Crippen LogP contribution in [0.1, 0.15) is 17.5 Å². The first-order valence-corrected chi connectivity index (χ1v) is 10.9. The maximum atomic E-state index is 13.2. The summed E-state index contributed by atoms with van der Waals surface area (Å²) in [6.07, 6.45) is 0.497. The fourth-order valence-corrected chi connectivity index (χ4v) is 4.06. The van der Waals surface area contributed by atoms with Crippen LogP contribution in [0, 0.1) is 19.7 Å². The van der Waals surface area contributed by atoms with E-state index in [-0.39, 0.29) is 17.4 Å². The molecule has 7 nitrogen and oxygen atoms in total. The largest absolute Gasteiger partial charge is 0.370 e. The van der Waals surface area contributed by atoms with Gasteiger partial charge in [-0.15, -0.1) is 0 Å². The monoisotopic (exact) mass is 429 g/mol. The number of anilines is 2. The van der Waals surface area contributed by atoms with Crippen molar-refractivity contribution in [2.75, 3.05) is 24.1 Å². The first kappa shape index (κ1) is 21.7. The molecule has 0 spiro atoms. The molecule has 0 bridgehead atoms. The summed E-state index contributed by atoms with van der Waals surface area (Å²) in [5, 5.41) is 3.14. The summed E-state index contributed by atoms with van der Waals surface area (Å²) in [4.78, 5) is 8.42. The van der Waals surface area contributed by atoms with Crippen molar-refractivity contribution in [2.24, 2.45) is 0 Å². The molecule has 0 aliphatic carbocycles. The SMILES string of the molecule is Cc1cccc(-c2cc(NCCCNS(=O)(=O)c3cccc(F)c3)nc(N)n2)c1C. The van der Waals surface area contributed by atoms with Gasteiger partial charge in [-0.3, -0.25) is 0 Å². The Labute approximate surface area is 175 Å². The lowest BCUT2D eigenvalue weighted by atomic mass is 10.0. The van der Waals surface area contributed by atoms with Gasteiger partial charge in [-0.25, -0.2) is 22.5 Å². The Morgan fingerprint density at radius 3 is 2.57 bits per heavy atom. The van der Waals surface area contributed by atoms with Gasteiger partial charge >= 0.3 is 0 Å². The molecule has 0 atom stereocenters. The van der Waals surface area contributed by atoms with Crippen molar-refractivity contribution in [1.82, 2.24) is 14.7 Å². The zero-order valence-corrected chi connectivity index (χ0v) is 17.6. The van der Waals surface area contributed by atoms with Crippen molar-refractivity contribution < 1.29 is 12.8 Å². The van der Waals surface area contributed by atoms with Gasteiger partial charge in [0.1, 0.15) is 11.6 Å². The highest BCUT2D eigenvalue weighted by Crippen LogP contribution is 2.26. The van der Waals surface area contributed by atoms with Crippen molar-refractivity contribution >= 4 is 21.8 Å². The molecule has 0 amide bonds. The molecule has 0 fully saturated rings. The quantitative estimate of drug-likeness (QED) is 0.474. The van der Waals surface area contributed by atoms with Gasteiger partial charge < -0.3 is 11.1 Å². The lowest BCUT2D eigenvalue weighted by Crippen LogP contribution is -2.26. The molecule has 3 rings (SSSR count). The van der Waals surface area contributed by atoms with E-state index in [0.29, 0.717) is 18.8 Å². The van der Waals surface area contributed by atoms with Crippen LogP contribution in [0.3, 0.4) is 0 Å². The van der Waals surface area contributed by atoms with E-state index in [1.165, 1.54) is 18.2 Å². The lowest BCUT2D eigenvalue weighted by molar-refractivity contribution is 0.576.